The first-order valence-corrected chi connectivity index (χ1v) is 7.70. The summed E-state index contributed by atoms with van der Waals surface area (Å²) in [5.41, 5.74) is 6.24. The number of rotatable bonds is 6. The van der Waals surface area contributed by atoms with Crippen LogP contribution in [-0.4, -0.2) is 16.6 Å². The van der Waals surface area contributed by atoms with Gasteiger partial charge in [-0.1, -0.05) is 12.1 Å². The molecule has 112 valence electrons. The maximum Gasteiger partial charge on any atom is 0.142 e. The lowest BCUT2D eigenvalue weighted by molar-refractivity contribution is 0.320. The fourth-order valence-electron chi connectivity index (χ4n) is 1.75. The summed E-state index contributed by atoms with van der Waals surface area (Å²) < 4.78 is 43.8. The Morgan fingerprint density at radius 1 is 1.14 bits per heavy atom. The van der Waals surface area contributed by atoms with E-state index < -0.39 is 22.4 Å². The summed E-state index contributed by atoms with van der Waals surface area (Å²) in [6.45, 7) is 0.302. The number of hydrogen-bond donors (Lipinski definition) is 1. The molecule has 0 amide bonds. The molecule has 0 saturated carbocycles. The van der Waals surface area contributed by atoms with Crippen LogP contribution in [0, 0.1) is 11.6 Å². The number of halogens is 2. The Hall–Kier alpha value is -1.95. The van der Waals surface area contributed by atoms with E-state index in [2.05, 4.69) is 0 Å². The molecular weight excluding hydrogens is 296 g/mol. The Morgan fingerprint density at radius 3 is 2.67 bits per heavy atom. The van der Waals surface area contributed by atoms with Gasteiger partial charge in [-0.05, 0) is 36.8 Å². The van der Waals surface area contributed by atoms with E-state index in [0.29, 0.717) is 24.5 Å². The van der Waals surface area contributed by atoms with Crippen molar-refractivity contribution in [3.8, 4) is 5.75 Å². The van der Waals surface area contributed by atoms with Gasteiger partial charge in [0, 0.05) is 5.75 Å². The average molecular weight is 311 g/mol. The van der Waals surface area contributed by atoms with Gasteiger partial charge in [0.05, 0.1) is 28.0 Å². The highest BCUT2D eigenvalue weighted by Crippen LogP contribution is 2.20. The van der Waals surface area contributed by atoms with E-state index in [1.165, 1.54) is 0 Å². The van der Waals surface area contributed by atoms with Crippen LogP contribution in [0.4, 0.5) is 14.5 Å². The largest absolute Gasteiger partial charge is 0.491 e. The van der Waals surface area contributed by atoms with Crippen LogP contribution < -0.4 is 10.5 Å². The van der Waals surface area contributed by atoms with Crippen molar-refractivity contribution < 1.29 is 17.7 Å². The van der Waals surface area contributed by atoms with E-state index in [-0.39, 0.29) is 10.6 Å². The van der Waals surface area contributed by atoms with E-state index in [9.17, 15) is 13.0 Å². The maximum atomic E-state index is 13.4. The molecule has 0 fully saturated rings. The zero-order valence-electron chi connectivity index (χ0n) is 11.2. The third-order valence-electron chi connectivity index (χ3n) is 2.79. The van der Waals surface area contributed by atoms with Gasteiger partial charge in [-0.2, -0.15) is 0 Å². The SMILES string of the molecule is Nc1ccccc1OCCCS(=O)c1cc(F)ccc1F. The molecule has 1 atom stereocenters. The van der Waals surface area contributed by atoms with Crippen LogP contribution in [0.2, 0.25) is 0 Å². The molecule has 0 heterocycles. The van der Waals surface area contributed by atoms with Crippen LogP contribution in [0.5, 0.6) is 5.75 Å². The Morgan fingerprint density at radius 2 is 1.90 bits per heavy atom. The molecule has 1 unspecified atom stereocenters. The quantitative estimate of drug-likeness (QED) is 0.659. The van der Waals surface area contributed by atoms with E-state index in [4.69, 9.17) is 10.5 Å². The maximum absolute atomic E-state index is 13.4. The molecule has 6 heteroatoms. The Balaban J connectivity index is 1.85. The van der Waals surface area contributed by atoms with E-state index >= 15 is 0 Å². The lowest BCUT2D eigenvalue weighted by Crippen LogP contribution is -2.07. The second-order valence-electron chi connectivity index (χ2n) is 4.36. The molecule has 0 radical (unpaired) electrons. The topological polar surface area (TPSA) is 52.3 Å². The normalized spacial score (nSPS) is 12.1. The van der Waals surface area contributed by atoms with Crippen LogP contribution in [0.1, 0.15) is 6.42 Å². The first-order chi connectivity index (χ1) is 10.1. The number of nitrogens with two attached hydrogens (primary N) is 1. The molecule has 2 rings (SSSR count). The lowest BCUT2D eigenvalue weighted by atomic mass is 10.3. The van der Waals surface area contributed by atoms with E-state index in [1.54, 1.807) is 24.3 Å². The van der Waals surface area contributed by atoms with E-state index in [0.717, 1.165) is 18.2 Å². The third kappa shape index (κ3) is 4.26. The highest BCUT2D eigenvalue weighted by molar-refractivity contribution is 7.85. The van der Waals surface area contributed by atoms with Crippen LogP contribution in [0.3, 0.4) is 0 Å². The van der Waals surface area contributed by atoms with Crippen molar-refractivity contribution in [1.82, 2.24) is 0 Å². The fourth-order valence-corrected chi connectivity index (χ4v) is 2.88. The Labute approximate surface area is 124 Å². The summed E-state index contributed by atoms with van der Waals surface area (Å²) in [6.07, 6.45) is 0.441. The first-order valence-electron chi connectivity index (χ1n) is 6.38. The summed E-state index contributed by atoms with van der Waals surface area (Å²) in [7, 11) is -1.59. The number of anilines is 1. The van der Waals surface area contributed by atoms with Crippen molar-refractivity contribution in [2.45, 2.75) is 11.3 Å². The van der Waals surface area contributed by atoms with Crippen molar-refractivity contribution in [3.63, 3.8) is 0 Å². The summed E-state index contributed by atoms with van der Waals surface area (Å²) in [4.78, 5) is -0.116. The van der Waals surface area contributed by atoms with Crippen LogP contribution in [-0.2, 0) is 10.8 Å². The predicted octanol–water partition coefficient (Wildman–Crippen LogP) is 3.12. The van der Waals surface area contributed by atoms with Gasteiger partial charge in [0.15, 0.2) is 0 Å². The highest BCUT2D eigenvalue weighted by atomic mass is 32.2. The minimum Gasteiger partial charge on any atom is -0.491 e. The molecule has 0 bridgehead atoms. The number of nitrogen functional groups attached to an aromatic ring is 1. The molecule has 0 aromatic heterocycles. The molecule has 0 saturated heterocycles. The second kappa shape index (κ2) is 7.17. The fraction of sp³-hybridized carbons (Fsp3) is 0.200. The van der Waals surface area contributed by atoms with Crippen LogP contribution in [0.25, 0.3) is 0 Å². The van der Waals surface area contributed by atoms with E-state index in [1.807, 2.05) is 0 Å². The van der Waals surface area contributed by atoms with Crippen LogP contribution in [0.15, 0.2) is 47.4 Å². The van der Waals surface area contributed by atoms with Crippen molar-refractivity contribution in [2.75, 3.05) is 18.1 Å². The Kier molecular flexibility index (Phi) is 5.27. The third-order valence-corrected chi connectivity index (χ3v) is 4.25. The summed E-state index contributed by atoms with van der Waals surface area (Å²) in [6, 6.07) is 9.98. The summed E-state index contributed by atoms with van der Waals surface area (Å²) in [5.74, 6) is -0.524. The standard InChI is InChI=1S/C15H15F2NO2S/c16-11-6-7-12(17)15(10-11)21(19)9-3-8-20-14-5-2-1-4-13(14)18/h1-2,4-7,10H,3,8-9,18H2. The van der Waals surface area contributed by atoms with Gasteiger partial charge in [-0.3, -0.25) is 4.21 Å². The molecule has 2 aromatic rings. The lowest BCUT2D eigenvalue weighted by Gasteiger charge is -2.08. The molecular formula is C15H15F2NO2S. The molecule has 3 nitrogen and oxygen atoms in total. The van der Waals surface area contributed by atoms with Crippen molar-refractivity contribution >= 4 is 16.5 Å². The number of hydrogen-bond acceptors (Lipinski definition) is 3. The Bertz CT molecular complexity index is 649. The second-order valence-corrected chi connectivity index (χ2v) is 5.90. The summed E-state index contributed by atoms with van der Waals surface area (Å²) >= 11 is 0. The van der Waals surface area contributed by atoms with Gasteiger partial charge in [-0.15, -0.1) is 0 Å². The van der Waals surface area contributed by atoms with Crippen LogP contribution >= 0.6 is 0 Å². The highest BCUT2D eigenvalue weighted by Gasteiger charge is 2.11. The minimum absolute atomic E-state index is 0.116. The molecule has 0 aliphatic rings. The molecule has 2 aromatic carbocycles. The number of benzene rings is 2. The van der Waals surface area contributed by atoms with Gasteiger partial charge >= 0.3 is 0 Å². The zero-order valence-corrected chi connectivity index (χ0v) is 12.0. The molecule has 0 spiro atoms. The van der Waals surface area contributed by atoms with Gasteiger partial charge in [0.1, 0.15) is 17.4 Å². The molecule has 0 aliphatic heterocycles. The van der Waals surface area contributed by atoms with Gasteiger partial charge in [-0.25, -0.2) is 8.78 Å². The zero-order chi connectivity index (χ0) is 15.2. The average Bonchev–Trinajstić information content (AvgIpc) is 2.47. The first kappa shape index (κ1) is 15.4. The number of para-hydroxylation sites is 2. The number of ether oxygens (including phenoxy) is 1. The van der Waals surface area contributed by atoms with Crippen molar-refractivity contribution in [1.29, 1.82) is 0 Å². The summed E-state index contributed by atoms with van der Waals surface area (Å²) in [5, 5.41) is 0. The van der Waals surface area contributed by atoms with Gasteiger partial charge in [0.2, 0.25) is 0 Å². The van der Waals surface area contributed by atoms with Crippen molar-refractivity contribution in [2.24, 2.45) is 0 Å². The predicted molar refractivity (Wildman–Crippen MR) is 78.6 cm³/mol. The molecule has 0 aliphatic carbocycles. The monoisotopic (exact) mass is 311 g/mol. The van der Waals surface area contributed by atoms with Crippen molar-refractivity contribution in [3.05, 3.63) is 54.1 Å². The smallest absolute Gasteiger partial charge is 0.142 e. The van der Waals surface area contributed by atoms with Gasteiger partial charge in [0.25, 0.3) is 0 Å². The minimum atomic E-state index is -1.59. The molecule has 21 heavy (non-hydrogen) atoms. The van der Waals surface area contributed by atoms with Gasteiger partial charge < -0.3 is 10.5 Å². The molecule has 2 N–H and O–H groups in total.